The van der Waals surface area contributed by atoms with E-state index in [1.54, 1.807) is 18.3 Å². The fourth-order valence-electron chi connectivity index (χ4n) is 1.63. The highest BCUT2D eigenvalue weighted by Gasteiger charge is 2.21. The molecule has 8 heteroatoms. The Hall–Kier alpha value is -2.32. The van der Waals surface area contributed by atoms with Crippen LogP contribution in [0.25, 0.3) is 11.3 Å². The SMILES string of the molecule is O=C(O)c1nnn(CC(O)CO)c1-c1cccnc1. The van der Waals surface area contributed by atoms with Crippen LogP contribution in [0.2, 0.25) is 0 Å². The average molecular weight is 264 g/mol. The van der Waals surface area contributed by atoms with Gasteiger partial charge in [0.1, 0.15) is 5.69 Å². The van der Waals surface area contributed by atoms with Crippen molar-refractivity contribution in [2.24, 2.45) is 0 Å². The number of aliphatic hydroxyl groups excluding tert-OH is 2. The van der Waals surface area contributed by atoms with E-state index in [4.69, 9.17) is 10.2 Å². The molecular formula is C11H12N4O4. The molecule has 0 bridgehead atoms. The lowest BCUT2D eigenvalue weighted by molar-refractivity contribution is 0.0690. The van der Waals surface area contributed by atoms with Crippen LogP contribution >= 0.6 is 0 Å². The maximum atomic E-state index is 11.1. The molecule has 0 saturated heterocycles. The molecule has 3 N–H and O–H groups in total. The van der Waals surface area contributed by atoms with Crippen molar-refractivity contribution < 1.29 is 20.1 Å². The lowest BCUT2D eigenvalue weighted by atomic mass is 10.1. The van der Waals surface area contributed by atoms with Gasteiger partial charge in [-0.3, -0.25) is 4.98 Å². The first-order valence-electron chi connectivity index (χ1n) is 5.49. The highest BCUT2D eigenvalue weighted by Crippen LogP contribution is 2.21. The van der Waals surface area contributed by atoms with Crippen molar-refractivity contribution in [3.63, 3.8) is 0 Å². The highest BCUT2D eigenvalue weighted by atomic mass is 16.4. The van der Waals surface area contributed by atoms with E-state index in [0.29, 0.717) is 5.56 Å². The van der Waals surface area contributed by atoms with E-state index < -0.39 is 18.7 Å². The van der Waals surface area contributed by atoms with E-state index in [0.717, 1.165) is 0 Å². The molecule has 1 unspecified atom stereocenters. The maximum Gasteiger partial charge on any atom is 0.358 e. The third kappa shape index (κ3) is 2.75. The summed E-state index contributed by atoms with van der Waals surface area (Å²) in [5.74, 6) is -1.22. The first-order valence-corrected chi connectivity index (χ1v) is 5.49. The fraction of sp³-hybridized carbons (Fsp3) is 0.273. The van der Waals surface area contributed by atoms with Gasteiger partial charge in [0.25, 0.3) is 0 Å². The molecule has 8 nitrogen and oxygen atoms in total. The zero-order valence-corrected chi connectivity index (χ0v) is 9.84. The van der Waals surface area contributed by atoms with Gasteiger partial charge in [0.15, 0.2) is 5.69 Å². The van der Waals surface area contributed by atoms with Gasteiger partial charge in [-0.2, -0.15) is 0 Å². The maximum absolute atomic E-state index is 11.1. The second-order valence-electron chi connectivity index (χ2n) is 3.85. The summed E-state index contributed by atoms with van der Waals surface area (Å²) in [5.41, 5.74) is 0.543. The summed E-state index contributed by atoms with van der Waals surface area (Å²) in [7, 11) is 0. The number of carboxylic acid groups (broad SMARTS) is 1. The predicted molar refractivity (Wildman–Crippen MR) is 63.3 cm³/mol. The molecule has 19 heavy (non-hydrogen) atoms. The first kappa shape index (κ1) is 13.1. The number of aromatic nitrogens is 4. The number of hydrogen-bond donors (Lipinski definition) is 3. The van der Waals surface area contributed by atoms with E-state index in [2.05, 4.69) is 15.3 Å². The van der Waals surface area contributed by atoms with Crippen LogP contribution in [0.15, 0.2) is 24.5 Å². The summed E-state index contributed by atoms with van der Waals surface area (Å²) >= 11 is 0. The quantitative estimate of drug-likeness (QED) is 0.658. The Bertz CT molecular complexity index is 569. The third-order valence-corrected chi connectivity index (χ3v) is 2.47. The number of rotatable bonds is 5. The Kier molecular flexibility index (Phi) is 3.83. The molecule has 0 aliphatic rings. The summed E-state index contributed by atoms with van der Waals surface area (Å²) in [5, 5.41) is 34.6. The van der Waals surface area contributed by atoms with E-state index in [-0.39, 0.29) is 17.9 Å². The van der Waals surface area contributed by atoms with Gasteiger partial charge in [-0.05, 0) is 12.1 Å². The number of hydrogen-bond acceptors (Lipinski definition) is 6. The van der Waals surface area contributed by atoms with Crippen molar-refractivity contribution in [3.8, 4) is 11.3 Å². The number of carbonyl (C=O) groups is 1. The monoisotopic (exact) mass is 264 g/mol. The molecular weight excluding hydrogens is 252 g/mol. The molecule has 2 heterocycles. The summed E-state index contributed by atoms with van der Waals surface area (Å²) < 4.78 is 1.24. The van der Waals surface area contributed by atoms with Crippen molar-refractivity contribution in [3.05, 3.63) is 30.2 Å². The molecule has 0 saturated carbocycles. The highest BCUT2D eigenvalue weighted by molar-refractivity contribution is 5.92. The number of pyridine rings is 1. The molecule has 0 aliphatic carbocycles. The van der Waals surface area contributed by atoms with E-state index in [9.17, 15) is 9.90 Å². The van der Waals surface area contributed by atoms with Crippen molar-refractivity contribution in [1.82, 2.24) is 20.0 Å². The van der Waals surface area contributed by atoms with Crippen LogP contribution in [0.1, 0.15) is 10.5 Å². The lowest BCUT2D eigenvalue weighted by Crippen LogP contribution is -2.21. The van der Waals surface area contributed by atoms with Crippen molar-refractivity contribution in [2.75, 3.05) is 6.61 Å². The summed E-state index contributed by atoms with van der Waals surface area (Å²) in [4.78, 5) is 15.0. The average Bonchev–Trinajstić information content (AvgIpc) is 2.83. The summed E-state index contributed by atoms with van der Waals surface area (Å²) in [6.07, 6.45) is 1.99. The first-order chi connectivity index (χ1) is 9.13. The molecule has 0 amide bonds. The zero-order chi connectivity index (χ0) is 13.8. The molecule has 0 aliphatic heterocycles. The molecule has 2 aromatic heterocycles. The topological polar surface area (TPSA) is 121 Å². The molecule has 100 valence electrons. The van der Waals surface area contributed by atoms with Crippen molar-refractivity contribution in [1.29, 1.82) is 0 Å². The van der Waals surface area contributed by atoms with Crippen LogP contribution in [0.5, 0.6) is 0 Å². The molecule has 0 spiro atoms. The fourth-order valence-corrected chi connectivity index (χ4v) is 1.63. The van der Waals surface area contributed by atoms with Crippen LogP contribution in [0.4, 0.5) is 0 Å². The van der Waals surface area contributed by atoms with Crippen LogP contribution in [0.3, 0.4) is 0 Å². The van der Waals surface area contributed by atoms with Gasteiger partial charge in [-0.1, -0.05) is 5.21 Å². The Morgan fingerprint density at radius 2 is 2.26 bits per heavy atom. The summed E-state index contributed by atoms with van der Waals surface area (Å²) in [6.45, 7) is -0.504. The second kappa shape index (κ2) is 5.55. The van der Waals surface area contributed by atoms with Crippen LogP contribution < -0.4 is 0 Å². The lowest BCUT2D eigenvalue weighted by Gasteiger charge is -2.10. The molecule has 0 radical (unpaired) electrons. The van der Waals surface area contributed by atoms with E-state index in [1.807, 2.05) is 0 Å². The molecule has 2 rings (SSSR count). The number of nitrogens with zero attached hydrogens (tertiary/aromatic N) is 4. The van der Waals surface area contributed by atoms with Gasteiger partial charge in [-0.25, -0.2) is 9.48 Å². The Labute approximate surface area is 108 Å². The molecule has 0 aromatic carbocycles. The Morgan fingerprint density at radius 3 is 2.84 bits per heavy atom. The number of aromatic carboxylic acids is 1. The minimum atomic E-state index is -1.22. The Balaban J connectivity index is 2.48. The molecule has 0 fully saturated rings. The standard InChI is InChI=1S/C11H12N4O4/c16-6-8(17)5-15-10(7-2-1-3-12-4-7)9(11(18)19)13-14-15/h1-4,8,16-17H,5-6H2,(H,18,19). The van der Waals surface area contributed by atoms with Gasteiger partial charge < -0.3 is 15.3 Å². The smallest absolute Gasteiger partial charge is 0.358 e. The van der Waals surface area contributed by atoms with Crippen LogP contribution in [-0.2, 0) is 6.54 Å². The molecule has 1 atom stereocenters. The van der Waals surface area contributed by atoms with Gasteiger partial charge in [0, 0.05) is 18.0 Å². The normalized spacial score (nSPS) is 12.3. The van der Waals surface area contributed by atoms with Gasteiger partial charge in [0.2, 0.25) is 0 Å². The molecule has 2 aromatic rings. The number of carboxylic acids is 1. The van der Waals surface area contributed by atoms with Crippen molar-refractivity contribution in [2.45, 2.75) is 12.6 Å². The minimum absolute atomic E-state index is 0.0546. The van der Waals surface area contributed by atoms with E-state index >= 15 is 0 Å². The number of aliphatic hydroxyl groups is 2. The van der Waals surface area contributed by atoms with Gasteiger partial charge in [0.05, 0.1) is 19.3 Å². The van der Waals surface area contributed by atoms with Crippen LogP contribution in [0, 0.1) is 0 Å². The minimum Gasteiger partial charge on any atom is -0.476 e. The largest absolute Gasteiger partial charge is 0.476 e. The second-order valence-corrected chi connectivity index (χ2v) is 3.85. The van der Waals surface area contributed by atoms with Crippen molar-refractivity contribution >= 4 is 5.97 Å². The van der Waals surface area contributed by atoms with E-state index in [1.165, 1.54) is 10.9 Å². The third-order valence-electron chi connectivity index (χ3n) is 2.47. The van der Waals surface area contributed by atoms with Gasteiger partial charge in [-0.15, -0.1) is 5.10 Å². The van der Waals surface area contributed by atoms with Gasteiger partial charge >= 0.3 is 5.97 Å². The predicted octanol–water partition coefficient (Wildman–Crippen LogP) is -0.609. The zero-order valence-electron chi connectivity index (χ0n) is 9.84. The summed E-state index contributed by atoms with van der Waals surface area (Å²) in [6, 6.07) is 3.32. The van der Waals surface area contributed by atoms with Crippen LogP contribution in [-0.4, -0.2) is 54.0 Å². The Morgan fingerprint density at radius 1 is 1.47 bits per heavy atom.